The minimum absolute atomic E-state index is 0.0524. The van der Waals surface area contributed by atoms with Gasteiger partial charge >= 0.3 is 31.9 Å². The molecular weight excluding hydrogens is 457 g/mol. The Morgan fingerprint density at radius 1 is 1.03 bits per heavy atom. The molecule has 11 nitrogen and oxygen atoms in total. The number of amides is 1. The van der Waals surface area contributed by atoms with E-state index >= 15 is 0 Å². The maximum Gasteiger partial charge on any atom is 0.528 e. The third-order valence-corrected chi connectivity index (χ3v) is 6.98. The Morgan fingerprint density at radius 3 is 2.03 bits per heavy atom. The lowest BCUT2D eigenvalue weighted by molar-refractivity contribution is -1.02. The van der Waals surface area contributed by atoms with E-state index in [2.05, 4.69) is 4.28 Å². The number of hydrogen-bond donors (Lipinski definition) is 0. The van der Waals surface area contributed by atoms with Crippen molar-refractivity contribution in [2.45, 2.75) is 31.9 Å². The summed E-state index contributed by atoms with van der Waals surface area (Å²) in [4.78, 5) is 13.4. The molecule has 1 fully saturated rings. The molecule has 0 aromatic heterocycles. The molecule has 1 unspecified atom stereocenters. The van der Waals surface area contributed by atoms with Crippen molar-refractivity contribution in [1.82, 2.24) is 13.5 Å². The molecule has 0 spiro atoms. The largest absolute Gasteiger partial charge is 0.528 e. The molecule has 1 amide bonds. The predicted molar refractivity (Wildman–Crippen MR) is 96.4 cm³/mol. The Bertz CT molecular complexity index is 907. The molecule has 0 aromatic carbocycles. The van der Waals surface area contributed by atoms with Crippen LogP contribution in [0.15, 0.2) is 12.4 Å². The molecule has 174 valence electrons. The summed E-state index contributed by atoms with van der Waals surface area (Å²) in [5.41, 5.74) is -6.36. The van der Waals surface area contributed by atoms with Gasteiger partial charge in [0.1, 0.15) is 18.8 Å². The second kappa shape index (κ2) is 7.81. The van der Waals surface area contributed by atoms with Crippen LogP contribution in [0.3, 0.4) is 0 Å². The minimum Gasteiger partial charge on any atom is -0.444 e. The van der Waals surface area contributed by atoms with Crippen molar-refractivity contribution in [3.8, 4) is 0 Å². The van der Waals surface area contributed by atoms with Crippen molar-refractivity contribution in [2.75, 3.05) is 39.9 Å². The third kappa shape index (κ3) is 5.54. The number of carbonyl (C=O) groups is 1. The standard InChI is InChI=1S/C14H24F3N4O7S2/c1-13(2,3)27-12(22)18-5-7-19(8-6-18)30(25,26)20-9-10-21(4,11-20)28-29(23,24)14(15,16)17/h9-10H,5-8,11H2,1-4H3/q+1. The van der Waals surface area contributed by atoms with E-state index in [1.54, 1.807) is 20.8 Å². The van der Waals surface area contributed by atoms with E-state index in [9.17, 15) is 34.8 Å². The average molecular weight is 481 g/mol. The molecular formula is C14H24F3N4O7S2+. The quantitative estimate of drug-likeness (QED) is 0.430. The molecule has 2 rings (SSSR count). The van der Waals surface area contributed by atoms with Gasteiger partial charge in [0.2, 0.25) is 6.67 Å². The van der Waals surface area contributed by atoms with Crippen molar-refractivity contribution in [3.05, 3.63) is 12.4 Å². The van der Waals surface area contributed by atoms with E-state index in [0.29, 0.717) is 4.31 Å². The minimum atomic E-state index is -5.94. The maximum absolute atomic E-state index is 12.8. The second-order valence-corrected chi connectivity index (χ2v) is 11.3. The van der Waals surface area contributed by atoms with Crippen LogP contribution in [0.1, 0.15) is 20.8 Å². The van der Waals surface area contributed by atoms with Gasteiger partial charge < -0.3 is 9.64 Å². The van der Waals surface area contributed by atoms with Crippen LogP contribution in [0.25, 0.3) is 0 Å². The van der Waals surface area contributed by atoms with Gasteiger partial charge in [0, 0.05) is 26.2 Å². The highest BCUT2D eigenvalue weighted by Gasteiger charge is 2.54. The van der Waals surface area contributed by atoms with E-state index in [1.165, 1.54) is 4.90 Å². The summed E-state index contributed by atoms with van der Waals surface area (Å²) in [6.07, 6.45) is 1.22. The average Bonchev–Trinajstić information content (AvgIpc) is 2.94. The predicted octanol–water partition coefficient (Wildman–Crippen LogP) is 0.756. The van der Waals surface area contributed by atoms with Crippen LogP contribution < -0.4 is 0 Å². The Balaban J connectivity index is 2.01. The number of halogens is 3. The first-order chi connectivity index (χ1) is 13.4. The first-order valence-electron chi connectivity index (χ1n) is 8.68. The number of rotatable bonds is 4. The Kier molecular flexibility index (Phi) is 6.42. The van der Waals surface area contributed by atoms with Gasteiger partial charge in [0.05, 0.1) is 6.20 Å². The summed E-state index contributed by atoms with van der Waals surface area (Å²) in [6.45, 7) is 4.33. The van der Waals surface area contributed by atoms with E-state index < -0.39 is 48.8 Å². The Labute approximate surface area is 173 Å². The molecule has 0 bridgehead atoms. The fourth-order valence-corrected chi connectivity index (χ4v) is 4.76. The molecule has 0 radical (unpaired) electrons. The lowest BCUT2D eigenvalue weighted by atomic mass is 10.2. The molecule has 0 aromatic rings. The number of ether oxygens (including phenoxy) is 1. The summed E-state index contributed by atoms with van der Waals surface area (Å²) in [5.74, 6) is 0. The number of hydrogen-bond acceptors (Lipinski definition) is 7. The normalized spacial score (nSPS) is 24.4. The Morgan fingerprint density at radius 2 is 1.57 bits per heavy atom. The molecule has 30 heavy (non-hydrogen) atoms. The lowest BCUT2D eigenvalue weighted by Crippen LogP contribution is -2.55. The van der Waals surface area contributed by atoms with Crippen LogP contribution >= 0.6 is 0 Å². The van der Waals surface area contributed by atoms with Crippen LogP contribution in [-0.4, -0.2) is 92.1 Å². The van der Waals surface area contributed by atoms with Crippen molar-refractivity contribution < 1.29 is 48.5 Å². The fourth-order valence-electron chi connectivity index (χ4n) is 2.63. The van der Waals surface area contributed by atoms with E-state index in [0.717, 1.165) is 23.8 Å². The molecule has 2 aliphatic rings. The van der Waals surface area contributed by atoms with Gasteiger partial charge in [0.25, 0.3) is 0 Å². The Hall–Kier alpha value is -1.62. The van der Waals surface area contributed by atoms with Crippen molar-refractivity contribution in [3.63, 3.8) is 0 Å². The number of piperazine rings is 1. The van der Waals surface area contributed by atoms with Crippen LogP contribution in [-0.2, 0) is 29.3 Å². The van der Waals surface area contributed by atoms with Crippen LogP contribution in [0.4, 0.5) is 18.0 Å². The highest BCUT2D eigenvalue weighted by Crippen LogP contribution is 2.30. The third-order valence-electron chi connectivity index (χ3n) is 4.03. The SMILES string of the molecule is CC(C)(C)OC(=O)N1CCN(S(=O)(=O)N2C=C[N+](C)(OS(=O)(=O)C(F)(F)F)C2)CC1. The van der Waals surface area contributed by atoms with E-state index in [1.807, 2.05) is 0 Å². The highest BCUT2D eigenvalue weighted by atomic mass is 32.2. The number of carbonyl (C=O) groups excluding carboxylic acids is 1. The van der Waals surface area contributed by atoms with Crippen LogP contribution in [0, 0.1) is 0 Å². The zero-order valence-corrected chi connectivity index (χ0v) is 18.4. The second-order valence-electron chi connectivity index (χ2n) is 7.85. The number of quaternary nitrogens is 1. The summed E-state index contributed by atoms with van der Waals surface area (Å²) in [5, 5.41) is 0. The summed E-state index contributed by atoms with van der Waals surface area (Å²) in [7, 11) is -9.15. The van der Waals surface area contributed by atoms with Gasteiger partial charge in [-0.25, -0.2) is 9.10 Å². The van der Waals surface area contributed by atoms with E-state index in [-0.39, 0.29) is 26.2 Å². The van der Waals surface area contributed by atoms with Gasteiger partial charge in [-0.2, -0.15) is 34.3 Å². The zero-order valence-electron chi connectivity index (χ0n) is 16.8. The lowest BCUT2D eigenvalue weighted by Gasteiger charge is -2.36. The zero-order chi connectivity index (χ0) is 23.2. The van der Waals surface area contributed by atoms with Gasteiger partial charge in [-0.1, -0.05) is 4.28 Å². The first kappa shape index (κ1) is 24.6. The monoisotopic (exact) mass is 481 g/mol. The molecule has 1 atom stereocenters. The van der Waals surface area contributed by atoms with Crippen molar-refractivity contribution in [2.24, 2.45) is 0 Å². The molecule has 2 aliphatic heterocycles. The molecule has 1 saturated heterocycles. The van der Waals surface area contributed by atoms with Gasteiger partial charge in [0.15, 0.2) is 0 Å². The summed E-state index contributed by atoms with van der Waals surface area (Å²) in [6, 6.07) is 0. The van der Waals surface area contributed by atoms with Gasteiger partial charge in [-0.05, 0) is 20.8 Å². The summed E-state index contributed by atoms with van der Waals surface area (Å²) < 4.78 is 95.5. The molecule has 16 heteroatoms. The topological polar surface area (TPSA) is 114 Å². The van der Waals surface area contributed by atoms with Gasteiger partial charge in [-0.15, -0.1) is 4.65 Å². The highest BCUT2D eigenvalue weighted by molar-refractivity contribution is 7.87. The van der Waals surface area contributed by atoms with Crippen molar-refractivity contribution >= 4 is 26.4 Å². The first-order valence-corrected chi connectivity index (χ1v) is 11.5. The number of alkyl halides is 3. The fraction of sp³-hybridized carbons (Fsp3) is 0.786. The molecule has 0 saturated carbocycles. The molecule has 0 aliphatic carbocycles. The number of hydroxylamine groups is 3. The van der Waals surface area contributed by atoms with E-state index in [4.69, 9.17) is 4.74 Å². The van der Waals surface area contributed by atoms with Gasteiger partial charge in [-0.3, -0.25) is 0 Å². The van der Waals surface area contributed by atoms with Crippen molar-refractivity contribution in [1.29, 1.82) is 0 Å². The van der Waals surface area contributed by atoms with Crippen LogP contribution in [0.2, 0.25) is 0 Å². The number of nitrogens with zero attached hydrogens (tertiary/aromatic N) is 4. The van der Waals surface area contributed by atoms with Crippen LogP contribution in [0.5, 0.6) is 0 Å². The smallest absolute Gasteiger partial charge is 0.444 e. The molecule has 0 N–H and O–H groups in total. The maximum atomic E-state index is 12.8. The molecule has 2 heterocycles. The summed E-state index contributed by atoms with van der Waals surface area (Å²) >= 11 is 0.